The van der Waals surface area contributed by atoms with E-state index in [1.54, 1.807) is 35.4 Å². The zero-order valence-electron chi connectivity index (χ0n) is 13.6. The molecule has 1 fully saturated rings. The fraction of sp³-hybridized carbons (Fsp3) is 0.333. The van der Waals surface area contributed by atoms with Gasteiger partial charge in [-0.1, -0.05) is 0 Å². The molecule has 25 heavy (non-hydrogen) atoms. The first-order valence-electron chi connectivity index (χ1n) is 7.53. The van der Waals surface area contributed by atoms with Gasteiger partial charge in [-0.15, -0.1) is 24.8 Å². The quantitative estimate of drug-likeness (QED) is 0.716. The van der Waals surface area contributed by atoms with Gasteiger partial charge >= 0.3 is 0 Å². The highest BCUT2D eigenvalue weighted by Gasteiger charge is 2.32. The van der Waals surface area contributed by atoms with Gasteiger partial charge in [0.1, 0.15) is 17.4 Å². The molecule has 0 radical (unpaired) electrons. The first-order valence-corrected chi connectivity index (χ1v) is 7.53. The van der Waals surface area contributed by atoms with Crippen LogP contribution in [0.1, 0.15) is 22.2 Å². The third kappa shape index (κ3) is 3.33. The number of hydrogen-bond acceptors (Lipinski definition) is 5. The van der Waals surface area contributed by atoms with Crippen LogP contribution in [-0.2, 0) is 7.05 Å². The lowest BCUT2D eigenvalue weighted by Crippen LogP contribution is -2.49. The number of aromatic nitrogens is 5. The van der Waals surface area contributed by atoms with Crippen LogP contribution in [0.2, 0.25) is 0 Å². The minimum atomic E-state index is -0.102. The molecule has 0 bridgehead atoms. The lowest BCUT2D eigenvalue weighted by Gasteiger charge is -2.35. The van der Waals surface area contributed by atoms with Gasteiger partial charge in [0.15, 0.2) is 5.65 Å². The Morgan fingerprint density at radius 1 is 1.24 bits per heavy atom. The number of fused-ring (bicyclic) bond motifs is 1. The standard InChI is InChI=1S/C15H17N7O.2ClH/c1-20-7-5-18-14(20)12-10-16-4-8-21(12)15(23)11-9-19-22-6-2-3-17-13(11)22;;/h2-3,5-7,9,12,16H,4,8,10H2,1H3;2*1H. The van der Waals surface area contributed by atoms with E-state index in [-0.39, 0.29) is 36.8 Å². The normalized spacial score (nSPS) is 17.0. The van der Waals surface area contributed by atoms with Crippen molar-refractivity contribution in [2.45, 2.75) is 6.04 Å². The molecule has 0 spiro atoms. The number of halogens is 2. The summed E-state index contributed by atoms with van der Waals surface area (Å²) in [6, 6.07) is 1.69. The number of carbonyl (C=O) groups excluding carboxylic acids is 1. The molecular weight excluding hydrogens is 365 g/mol. The van der Waals surface area contributed by atoms with Crippen molar-refractivity contribution in [3.05, 3.63) is 48.4 Å². The summed E-state index contributed by atoms with van der Waals surface area (Å²) in [6.45, 7) is 2.07. The topological polar surface area (TPSA) is 80.4 Å². The summed E-state index contributed by atoms with van der Waals surface area (Å²) in [6.07, 6.45) is 8.68. The van der Waals surface area contributed by atoms with Gasteiger partial charge in [-0.05, 0) is 6.07 Å². The first-order chi connectivity index (χ1) is 11.3. The molecule has 1 aliphatic heterocycles. The van der Waals surface area contributed by atoms with Crippen LogP contribution in [0.4, 0.5) is 0 Å². The van der Waals surface area contributed by atoms with Crippen molar-refractivity contribution in [2.75, 3.05) is 19.6 Å². The predicted octanol–water partition coefficient (Wildman–Crippen LogP) is 1.09. The third-order valence-electron chi connectivity index (χ3n) is 4.17. The van der Waals surface area contributed by atoms with Crippen molar-refractivity contribution in [1.82, 2.24) is 34.4 Å². The van der Waals surface area contributed by atoms with E-state index in [4.69, 9.17) is 0 Å². The van der Waals surface area contributed by atoms with Gasteiger partial charge < -0.3 is 14.8 Å². The largest absolute Gasteiger partial charge is 0.336 e. The molecule has 4 rings (SSSR count). The highest BCUT2D eigenvalue weighted by atomic mass is 35.5. The summed E-state index contributed by atoms with van der Waals surface area (Å²) in [5.74, 6) is 0.809. The summed E-state index contributed by atoms with van der Waals surface area (Å²) >= 11 is 0. The van der Waals surface area contributed by atoms with Crippen molar-refractivity contribution >= 4 is 36.4 Å². The Morgan fingerprint density at radius 2 is 2.08 bits per heavy atom. The predicted molar refractivity (Wildman–Crippen MR) is 97.3 cm³/mol. The Morgan fingerprint density at radius 3 is 2.84 bits per heavy atom. The van der Waals surface area contributed by atoms with Gasteiger partial charge in [-0.2, -0.15) is 5.10 Å². The first kappa shape index (κ1) is 19.2. The van der Waals surface area contributed by atoms with Crippen molar-refractivity contribution in [3.8, 4) is 0 Å². The Kier molecular flexibility index (Phi) is 5.99. The van der Waals surface area contributed by atoms with E-state index in [0.717, 1.165) is 12.4 Å². The lowest BCUT2D eigenvalue weighted by molar-refractivity contribution is 0.0622. The molecule has 1 amide bonds. The number of carbonyl (C=O) groups is 1. The molecule has 1 aliphatic rings. The number of nitrogens with one attached hydrogen (secondary N) is 1. The number of hydrogen-bond donors (Lipinski definition) is 1. The SMILES string of the molecule is Cl.Cl.Cn1ccnc1C1CNCCN1C(=O)c1cnn2cccnc12. The van der Waals surface area contributed by atoms with Gasteiger partial charge in [0.2, 0.25) is 0 Å². The molecule has 3 aromatic heterocycles. The smallest absolute Gasteiger partial charge is 0.260 e. The molecule has 1 N–H and O–H groups in total. The van der Waals surface area contributed by atoms with Crippen LogP contribution < -0.4 is 5.32 Å². The second kappa shape index (κ2) is 7.81. The van der Waals surface area contributed by atoms with Crippen molar-refractivity contribution < 1.29 is 4.79 Å². The van der Waals surface area contributed by atoms with Gasteiger partial charge in [0, 0.05) is 51.5 Å². The number of piperazine rings is 1. The molecule has 0 aliphatic carbocycles. The van der Waals surface area contributed by atoms with E-state index in [0.29, 0.717) is 24.3 Å². The maximum Gasteiger partial charge on any atom is 0.260 e. The number of amides is 1. The van der Waals surface area contributed by atoms with E-state index in [2.05, 4.69) is 20.4 Å². The summed E-state index contributed by atoms with van der Waals surface area (Å²) in [4.78, 5) is 23.6. The van der Waals surface area contributed by atoms with E-state index in [9.17, 15) is 4.79 Å². The van der Waals surface area contributed by atoms with E-state index >= 15 is 0 Å². The van der Waals surface area contributed by atoms with Crippen LogP contribution in [0.5, 0.6) is 0 Å². The molecule has 0 aromatic carbocycles. The molecule has 0 saturated carbocycles. The monoisotopic (exact) mass is 383 g/mol. The van der Waals surface area contributed by atoms with Crippen LogP contribution in [0.15, 0.2) is 37.1 Å². The van der Waals surface area contributed by atoms with Gasteiger partial charge in [-0.25, -0.2) is 14.5 Å². The molecule has 1 atom stereocenters. The summed E-state index contributed by atoms with van der Waals surface area (Å²) in [5.41, 5.74) is 1.10. The summed E-state index contributed by atoms with van der Waals surface area (Å²) in [7, 11) is 1.94. The van der Waals surface area contributed by atoms with Crippen LogP contribution in [0, 0.1) is 0 Å². The zero-order chi connectivity index (χ0) is 15.8. The highest BCUT2D eigenvalue weighted by Crippen LogP contribution is 2.23. The molecule has 4 heterocycles. The van der Waals surface area contributed by atoms with Gasteiger partial charge in [0.05, 0.1) is 6.20 Å². The maximum atomic E-state index is 13.1. The third-order valence-corrected chi connectivity index (χ3v) is 4.17. The minimum Gasteiger partial charge on any atom is -0.336 e. The second-order valence-electron chi connectivity index (χ2n) is 5.56. The Hall–Kier alpha value is -2.16. The molecule has 3 aromatic rings. The lowest BCUT2D eigenvalue weighted by atomic mass is 10.1. The molecule has 1 unspecified atom stereocenters. The Bertz CT molecular complexity index is 862. The van der Waals surface area contributed by atoms with E-state index in [1.165, 1.54) is 0 Å². The van der Waals surface area contributed by atoms with Crippen LogP contribution >= 0.6 is 24.8 Å². The van der Waals surface area contributed by atoms with Crippen molar-refractivity contribution in [2.24, 2.45) is 7.05 Å². The average Bonchev–Trinajstić information content (AvgIpc) is 3.20. The fourth-order valence-corrected chi connectivity index (χ4v) is 3.01. The molecule has 1 saturated heterocycles. The summed E-state index contributed by atoms with van der Waals surface area (Å²) < 4.78 is 3.57. The second-order valence-corrected chi connectivity index (χ2v) is 5.56. The Labute approximate surface area is 157 Å². The summed E-state index contributed by atoms with van der Waals surface area (Å²) in [5, 5.41) is 7.54. The molecule has 134 valence electrons. The Balaban J connectivity index is 0.00000113. The van der Waals surface area contributed by atoms with Crippen LogP contribution in [0.25, 0.3) is 5.65 Å². The van der Waals surface area contributed by atoms with E-state index in [1.807, 2.05) is 22.7 Å². The van der Waals surface area contributed by atoms with Crippen LogP contribution in [0.3, 0.4) is 0 Å². The molecular formula is C15H19Cl2N7O. The highest BCUT2D eigenvalue weighted by molar-refractivity contribution is 5.99. The van der Waals surface area contributed by atoms with Gasteiger partial charge in [-0.3, -0.25) is 4.79 Å². The fourth-order valence-electron chi connectivity index (χ4n) is 3.01. The zero-order valence-corrected chi connectivity index (χ0v) is 15.2. The number of rotatable bonds is 2. The number of aryl methyl sites for hydroxylation is 1. The van der Waals surface area contributed by atoms with Gasteiger partial charge in [0.25, 0.3) is 5.91 Å². The van der Waals surface area contributed by atoms with Crippen LogP contribution in [-0.4, -0.2) is 54.6 Å². The maximum absolute atomic E-state index is 13.1. The number of nitrogens with zero attached hydrogens (tertiary/aromatic N) is 6. The average molecular weight is 384 g/mol. The molecule has 8 nitrogen and oxygen atoms in total. The van der Waals surface area contributed by atoms with Crippen molar-refractivity contribution in [1.29, 1.82) is 0 Å². The molecule has 10 heteroatoms. The number of imidazole rings is 1. The van der Waals surface area contributed by atoms with Crippen molar-refractivity contribution in [3.63, 3.8) is 0 Å². The van der Waals surface area contributed by atoms with E-state index < -0.39 is 0 Å². The minimum absolute atomic E-state index is 0.